The van der Waals surface area contributed by atoms with Crippen LogP contribution in [0.4, 0.5) is 0 Å². The molecule has 7 heteroatoms. The molecule has 1 aliphatic carbocycles. The summed E-state index contributed by atoms with van der Waals surface area (Å²) in [4.78, 5) is 26.3. The summed E-state index contributed by atoms with van der Waals surface area (Å²) in [5.74, 6) is -0.451. The molecule has 0 unspecified atom stereocenters. The standard InChI is InChI=1S/C24H22ClNO5/c1-5-31-18-10-15(16(25)11-17(18)29-3)20-19(24(28)30-4)12(2)26-22-13-8-6-7-9-14(13)23(27)21(20)22/h6-11,20,26H,5H2,1-4H3/t20-/m0/s1. The lowest BCUT2D eigenvalue weighted by Crippen LogP contribution is -2.29. The third-order valence-corrected chi connectivity index (χ3v) is 5.88. The number of fused-ring (bicyclic) bond motifs is 2. The zero-order valence-corrected chi connectivity index (χ0v) is 18.4. The second kappa shape index (κ2) is 8.12. The molecule has 160 valence electrons. The van der Waals surface area contributed by atoms with Crippen molar-refractivity contribution in [1.82, 2.24) is 5.32 Å². The maximum absolute atomic E-state index is 13.5. The molecule has 0 fully saturated rings. The van der Waals surface area contributed by atoms with Crippen LogP contribution in [0.1, 0.15) is 41.3 Å². The number of ether oxygens (including phenoxy) is 3. The predicted molar refractivity (Wildman–Crippen MR) is 117 cm³/mol. The van der Waals surface area contributed by atoms with Gasteiger partial charge in [-0.3, -0.25) is 4.79 Å². The summed E-state index contributed by atoms with van der Waals surface area (Å²) < 4.78 is 16.2. The Morgan fingerprint density at radius 2 is 1.84 bits per heavy atom. The summed E-state index contributed by atoms with van der Waals surface area (Å²) in [6, 6.07) is 10.7. The first-order valence-corrected chi connectivity index (χ1v) is 10.2. The Kier molecular flexibility index (Phi) is 5.50. The smallest absolute Gasteiger partial charge is 0.336 e. The lowest BCUT2D eigenvalue weighted by Gasteiger charge is -2.30. The summed E-state index contributed by atoms with van der Waals surface area (Å²) in [6.07, 6.45) is 0. The Bertz CT molecular complexity index is 1160. The SMILES string of the molecule is CCOc1cc([C@H]2C(C(=O)OC)=C(C)NC3=C2C(=O)c2ccccc23)c(Cl)cc1OC. The van der Waals surface area contributed by atoms with Crippen molar-refractivity contribution in [3.63, 3.8) is 0 Å². The van der Waals surface area contributed by atoms with Gasteiger partial charge in [0.25, 0.3) is 0 Å². The minimum Gasteiger partial charge on any atom is -0.493 e. The van der Waals surface area contributed by atoms with Gasteiger partial charge in [-0.1, -0.05) is 35.9 Å². The van der Waals surface area contributed by atoms with Gasteiger partial charge in [0.1, 0.15) is 0 Å². The highest BCUT2D eigenvalue weighted by Gasteiger charge is 2.43. The van der Waals surface area contributed by atoms with Gasteiger partial charge in [0.05, 0.1) is 38.0 Å². The Morgan fingerprint density at radius 3 is 2.48 bits per heavy atom. The van der Waals surface area contributed by atoms with E-state index < -0.39 is 11.9 Å². The molecular weight excluding hydrogens is 418 g/mol. The van der Waals surface area contributed by atoms with Crippen molar-refractivity contribution in [3.05, 3.63) is 75.0 Å². The van der Waals surface area contributed by atoms with Gasteiger partial charge >= 0.3 is 5.97 Å². The summed E-state index contributed by atoms with van der Waals surface area (Å²) in [6.45, 7) is 4.07. The third-order valence-electron chi connectivity index (χ3n) is 5.55. The molecule has 2 aromatic rings. The van der Waals surface area contributed by atoms with E-state index >= 15 is 0 Å². The normalized spacial score (nSPS) is 17.2. The van der Waals surface area contributed by atoms with Gasteiger partial charge in [-0.25, -0.2) is 4.79 Å². The monoisotopic (exact) mass is 439 g/mol. The maximum Gasteiger partial charge on any atom is 0.336 e. The molecule has 1 aliphatic heterocycles. The number of methoxy groups -OCH3 is 2. The van der Waals surface area contributed by atoms with E-state index in [-0.39, 0.29) is 5.78 Å². The molecule has 2 aliphatic rings. The Hall–Kier alpha value is -3.25. The van der Waals surface area contributed by atoms with Gasteiger partial charge in [0, 0.05) is 33.5 Å². The van der Waals surface area contributed by atoms with Crippen LogP contribution < -0.4 is 14.8 Å². The zero-order valence-electron chi connectivity index (χ0n) is 17.7. The summed E-state index contributed by atoms with van der Waals surface area (Å²) >= 11 is 6.66. The first kappa shape index (κ1) is 21.0. The van der Waals surface area contributed by atoms with E-state index in [0.29, 0.717) is 56.8 Å². The zero-order chi connectivity index (χ0) is 22.3. The molecule has 1 N–H and O–H groups in total. The molecule has 0 amide bonds. The summed E-state index contributed by atoms with van der Waals surface area (Å²) in [5, 5.41) is 3.61. The van der Waals surface area contributed by atoms with Crippen LogP contribution in [0.2, 0.25) is 5.02 Å². The number of ketones is 1. The van der Waals surface area contributed by atoms with Crippen LogP contribution in [0.5, 0.6) is 11.5 Å². The number of rotatable bonds is 5. The number of hydrogen-bond donors (Lipinski definition) is 1. The van der Waals surface area contributed by atoms with E-state index in [4.69, 9.17) is 25.8 Å². The Labute approximate surface area is 185 Å². The van der Waals surface area contributed by atoms with Gasteiger partial charge in [-0.05, 0) is 25.5 Å². The van der Waals surface area contributed by atoms with Crippen LogP contribution in [0, 0.1) is 0 Å². The number of benzene rings is 2. The van der Waals surface area contributed by atoms with Crippen molar-refractivity contribution >= 4 is 29.1 Å². The number of dihydropyridines is 1. The third kappa shape index (κ3) is 3.27. The molecule has 0 saturated carbocycles. The molecule has 2 aromatic carbocycles. The first-order valence-electron chi connectivity index (χ1n) is 9.87. The van der Waals surface area contributed by atoms with Crippen molar-refractivity contribution in [1.29, 1.82) is 0 Å². The maximum atomic E-state index is 13.5. The molecule has 0 radical (unpaired) electrons. The van der Waals surface area contributed by atoms with Gasteiger partial charge in [0.15, 0.2) is 17.3 Å². The quantitative estimate of drug-likeness (QED) is 0.692. The predicted octanol–water partition coefficient (Wildman–Crippen LogP) is 4.49. The van der Waals surface area contributed by atoms with E-state index in [1.165, 1.54) is 14.2 Å². The first-order chi connectivity index (χ1) is 14.9. The minimum absolute atomic E-state index is 0.151. The lowest BCUT2D eigenvalue weighted by atomic mass is 9.79. The number of Topliss-reactive ketones (excluding diaryl/α,β-unsaturated/α-hetero) is 1. The molecule has 0 spiro atoms. The Morgan fingerprint density at radius 1 is 1.13 bits per heavy atom. The van der Waals surface area contributed by atoms with Crippen LogP contribution in [-0.4, -0.2) is 32.6 Å². The van der Waals surface area contributed by atoms with E-state index in [1.54, 1.807) is 25.1 Å². The highest BCUT2D eigenvalue weighted by atomic mass is 35.5. The van der Waals surface area contributed by atoms with Crippen molar-refractivity contribution in [3.8, 4) is 11.5 Å². The van der Waals surface area contributed by atoms with E-state index in [0.717, 1.165) is 5.56 Å². The van der Waals surface area contributed by atoms with Crippen LogP contribution in [0.15, 0.2) is 53.2 Å². The number of esters is 1. The van der Waals surface area contributed by atoms with Crippen LogP contribution >= 0.6 is 11.6 Å². The van der Waals surface area contributed by atoms with Gasteiger partial charge < -0.3 is 19.5 Å². The molecule has 1 heterocycles. The topological polar surface area (TPSA) is 73.9 Å². The average Bonchev–Trinajstić information content (AvgIpc) is 3.05. The molecule has 0 aromatic heterocycles. The number of carbonyl (C=O) groups is 2. The van der Waals surface area contributed by atoms with Gasteiger partial charge in [-0.15, -0.1) is 0 Å². The van der Waals surface area contributed by atoms with Gasteiger partial charge in [0.2, 0.25) is 0 Å². The van der Waals surface area contributed by atoms with Crippen molar-refractivity contribution < 1.29 is 23.8 Å². The van der Waals surface area contributed by atoms with Crippen LogP contribution in [-0.2, 0) is 9.53 Å². The van der Waals surface area contributed by atoms with Crippen molar-refractivity contribution in [2.45, 2.75) is 19.8 Å². The number of hydrogen-bond acceptors (Lipinski definition) is 6. The number of nitrogens with one attached hydrogen (secondary N) is 1. The fourth-order valence-electron chi connectivity index (χ4n) is 4.22. The van der Waals surface area contributed by atoms with Crippen LogP contribution in [0.3, 0.4) is 0 Å². The fraction of sp³-hybridized carbons (Fsp3) is 0.250. The number of allylic oxidation sites excluding steroid dienone is 2. The molecule has 6 nitrogen and oxygen atoms in total. The highest BCUT2D eigenvalue weighted by molar-refractivity contribution is 6.32. The van der Waals surface area contributed by atoms with Crippen LogP contribution in [0.25, 0.3) is 5.70 Å². The lowest BCUT2D eigenvalue weighted by molar-refractivity contribution is -0.136. The second-order valence-corrected chi connectivity index (χ2v) is 7.62. The second-order valence-electron chi connectivity index (χ2n) is 7.21. The molecule has 0 bridgehead atoms. The summed E-state index contributed by atoms with van der Waals surface area (Å²) in [7, 11) is 2.84. The van der Waals surface area contributed by atoms with E-state index in [9.17, 15) is 9.59 Å². The number of halogens is 1. The molecule has 4 rings (SSSR count). The molecule has 0 saturated heterocycles. The van der Waals surface area contributed by atoms with Crippen molar-refractivity contribution in [2.75, 3.05) is 20.8 Å². The Balaban J connectivity index is 1.99. The minimum atomic E-state index is -0.721. The molecular formula is C24H22ClNO5. The fourth-order valence-corrected chi connectivity index (χ4v) is 4.48. The summed E-state index contributed by atoms with van der Waals surface area (Å²) in [5.41, 5.74) is 4.02. The largest absolute Gasteiger partial charge is 0.493 e. The van der Waals surface area contributed by atoms with Gasteiger partial charge in [-0.2, -0.15) is 0 Å². The average molecular weight is 440 g/mol. The molecule has 1 atom stereocenters. The number of carbonyl (C=O) groups excluding carboxylic acids is 2. The van der Waals surface area contributed by atoms with E-state index in [2.05, 4.69) is 5.32 Å². The van der Waals surface area contributed by atoms with Crippen molar-refractivity contribution in [2.24, 2.45) is 0 Å². The molecule has 31 heavy (non-hydrogen) atoms. The van der Waals surface area contributed by atoms with E-state index in [1.807, 2.05) is 25.1 Å². The highest BCUT2D eigenvalue weighted by Crippen LogP contribution is 2.49.